The first kappa shape index (κ1) is 11.9. The van der Waals surface area contributed by atoms with Crippen molar-refractivity contribution in [2.45, 2.75) is 26.1 Å². The van der Waals surface area contributed by atoms with Gasteiger partial charge in [-0.25, -0.2) is 0 Å². The highest BCUT2D eigenvalue weighted by Crippen LogP contribution is 2.29. The lowest BCUT2D eigenvalue weighted by Crippen LogP contribution is -2.29. The van der Waals surface area contributed by atoms with Gasteiger partial charge in [-0.2, -0.15) is 0 Å². The molecule has 3 rings (SSSR count). The Labute approximate surface area is 112 Å². The molecule has 0 unspecified atom stereocenters. The van der Waals surface area contributed by atoms with Crippen LogP contribution >= 0.6 is 11.3 Å². The van der Waals surface area contributed by atoms with Crippen molar-refractivity contribution in [3.05, 3.63) is 57.3 Å². The number of benzene rings is 1. The molecule has 1 aliphatic heterocycles. The summed E-state index contributed by atoms with van der Waals surface area (Å²) in [6.45, 7) is 3.96. The second kappa shape index (κ2) is 5.22. The molecule has 0 fully saturated rings. The first-order valence-electron chi connectivity index (χ1n) is 6.41. The molecule has 0 saturated heterocycles. The quantitative estimate of drug-likeness (QED) is 0.917. The van der Waals surface area contributed by atoms with E-state index in [1.807, 2.05) is 11.3 Å². The highest BCUT2D eigenvalue weighted by molar-refractivity contribution is 7.10. The number of fused-ring (bicyclic) bond motifs is 1. The average molecular weight is 258 g/mol. The summed E-state index contributed by atoms with van der Waals surface area (Å²) in [6, 6.07) is 10.7. The summed E-state index contributed by atoms with van der Waals surface area (Å²) in [5.41, 5.74) is 10.0. The zero-order valence-corrected chi connectivity index (χ0v) is 11.2. The Hall–Kier alpha value is -1.16. The zero-order valence-electron chi connectivity index (χ0n) is 10.4. The van der Waals surface area contributed by atoms with E-state index in [1.165, 1.54) is 21.6 Å². The van der Waals surface area contributed by atoms with E-state index in [4.69, 9.17) is 5.73 Å². The Bertz CT molecular complexity index is 519. The summed E-state index contributed by atoms with van der Waals surface area (Å²) in [5.74, 6) is 0. The summed E-state index contributed by atoms with van der Waals surface area (Å²) in [5, 5.41) is 2.23. The smallest absolute Gasteiger partial charge is 0.0334 e. The van der Waals surface area contributed by atoms with E-state index in [0.717, 1.165) is 26.1 Å². The van der Waals surface area contributed by atoms with Gasteiger partial charge in [0, 0.05) is 31.1 Å². The average Bonchev–Trinajstić information content (AvgIpc) is 2.82. The van der Waals surface area contributed by atoms with Gasteiger partial charge in [-0.3, -0.25) is 4.90 Å². The summed E-state index contributed by atoms with van der Waals surface area (Å²) in [4.78, 5) is 4.03. The fraction of sp³-hybridized carbons (Fsp3) is 0.333. The molecule has 0 spiro atoms. The molecule has 1 aromatic heterocycles. The van der Waals surface area contributed by atoms with Gasteiger partial charge in [-0.15, -0.1) is 11.3 Å². The van der Waals surface area contributed by atoms with Crippen molar-refractivity contribution < 1.29 is 0 Å². The third kappa shape index (κ3) is 2.34. The molecule has 2 aromatic rings. The van der Waals surface area contributed by atoms with Gasteiger partial charge in [0.05, 0.1) is 0 Å². The van der Waals surface area contributed by atoms with Crippen molar-refractivity contribution in [1.82, 2.24) is 4.90 Å². The number of hydrogen-bond acceptors (Lipinski definition) is 3. The summed E-state index contributed by atoms with van der Waals surface area (Å²) in [7, 11) is 0. The van der Waals surface area contributed by atoms with Crippen molar-refractivity contribution in [1.29, 1.82) is 0 Å². The van der Waals surface area contributed by atoms with Crippen LogP contribution in [-0.2, 0) is 26.1 Å². The van der Waals surface area contributed by atoms with Crippen LogP contribution < -0.4 is 5.73 Å². The maximum Gasteiger partial charge on any atom is 0.0334 e. The largest absolute Gasteiger partial charge is 0.326 e. The maximum absolute atomic E-state index is 5.77. The van der Waals surface area contributed by atoms with Gasteiger partial charge in [-0.1, -0.05) is 30.3 Å². The third-order valence-electron chi connectivity index (χ3n) is 3.58. The van der Waals surface area contributed by atoms with Gasteiger partial charge in [-0.05, 0) is 28.5 Å². The molecule has 2 heterocycles. The van der Waals surface area contributed by atoms with Crippen LogP contribution in [0.3, 0.4) is 0 Å². The van der Waals surface area contributed by atoms with Crippen molar-refractivity contribution in [3.8, 4) is 0 Å². The second-order valence-corrected chi connectivity index (χ2v) is 5.78. The highest BCUT2D eigenvalue weighted by Gasteiger charge is 2.20. The maximum atomic E-state index is 5.77. The van der Waals surface area contributed by atoms with Gasteiger partial charge in [0.25, 0.3) is 0 Å². The van der Waals surface area contributed by atoms with E-state index in [9.17, 15) is 0 Å². The van der Waals surface area contributed by atoms with E-state index < -0.39 is 0 Å². The fourth-order valence-electron chi connectivity index (χ4n) is 2.60. The molecular formula is C15H18N2S. The number of hydrogen-bond donors (Lipinski definition) is 1. The van der Waals surface area contributed by atoms with Crippen molar-refractivity contribution >= 4 is 11.3 Å². The lowest BCUT2D eigenvalue weighted by Gasteiger charge is -2.27. The Morgan fingerprint density at radius 3 is 2.83 bits per heavy atom. The van der Waals surface area contributed by atoms with Crippen LogP contribution in [0, 0.1) is 0 Å². The van der Waals surface area contributed by atoms with E-state index >= 15 is 0 Å². The highest BCUT2D eigenvalue weighted by atomic mass is 32.1. The number of nitrogens with zero attached hydrogens (tertiary/aromatic N) is 1. The Morgan fingerprint density at radius 2 is 2.06 bits per heavy atom. The van der Waals surface area contributed by atoms with Crippen LogP contribution in [0.2, 0.25) is 0 Å². The molecule has 3 heteroatoms. The topological polar surface area (TPSA) is 29.3 Å². The van der Waals surface area contributed by atoms with Crippen molar-refractivity contribution in [2.24, 2.45) is 5.73 Å². The molecule has 0 saturated carbocycles. The minimum atomic E-state index is 0.685. The SMILES string of the molecule is NCc1csc2c1CCN(Cc1ccccc1)C2. The van der Waals surface area contributed by atoms with Gasteiger partial charge < -0.3 is 5.73 Å². The Morgan fingerprint density at radius 1 is 1.22 bits per heavy atom. The number of thiophene rings is 1. The van der Waals surface area contributed by atoms with Crippen LogP contribution in [0.15, 0.2) is 35.7 Å². The van der Waals surface area contributed by atoms with Crippen molar-refractivity contribution in [2.75, 3.05) is 6.54 Å². The van der Waals surface area contributed by atoms with Crippen LogP contribution in [0.25, 0.3) is 0 Å². The molecule has 2 N–H and O–H groups in total. The summed E-state index contributed by atoms with van der Waals surface area (Å²) >= 11 is 1.87. The Kier molecular flexibility index (Phi) is 3.46. The van der Waals surface area contributed by atoms with Crippen LogP contribution in [0.1, 0.15) is 21.6 Å². The lowest BCUT2D eigenvalue weighted by molar-refractivity contribution is 0.248. The molecule has 0 amide bonds. The van der Waals surface area contributed by atoms with Crippen LogP contribution in [0.5, 0.6) is 0 Å². The van der Waals surface area contributed by atoms with Gasteiger partial charge >= 0.3 is 0 Å². The molecule has 94 valence electrons. The van der Waals surface area contributed by atoms with Crippen LogP contribution in [-0.4, -0.2) is 11.4 Å². The summed E-state index contributed by atoms with van der Waals surface area (Å²) in [6.07, 6.45) is 1.15. The molecule has 1 aliphatic rings. The van der Waals surface area contributed by atoms with Crippen molar-refractivity contribution in [3.63, 3.8) is 0 Å². The predicted octanol–water partition coefficient (Wildman–Crippen LogP) is 2.77. The molecule has 0 radical (unpaired) electrons. The lowest BCUT2D eigenvalue weighted by atomic mass is 10.0. The molecule has 0 bridgehead atoms. The van der Waals surface area contributed by atoms with E-state index in [2.05, 4.69) is 40.6 Å². The first-order valence-corrected chi connectivity index (χ1v) is 7.29. The molecular weight excluding hydrogens is 240 g/mol. The van der Waals surface area contributed by atoms with Gasteiger partial charge in [0.2, 0.25) is 0 Å². The normalized spacial score (nSPS) is 15.6. The van der Waals surface area contributed by atoms with Crippen LogP contribution in [0.4, 0.5) is 0 Å². The van der Waals surface area contributed by atoms with Gasteiger partial charge in [0.15, 0.2) is 0 Å². The first-order chi connectivity index (χ1) is 8.86. The zero-order chi connectivity index (χ0) is 12.4. The molecule has 1 aromatic carbocycles. The monoisotopic (exact) mass is 258 g/mol. The predicted molar refractivity (Wildman–Crippen MR) is 76.5 cm³/mol. The summed E-state index contributed by atoms with van der Waals surface area (Å²) < 4.78 is 0. The molecule has 0 aliphatic carbocycles. The standard InChI is InChI=1S/C15H18N2S/c16-8-13-11-18-15-10-17(7-6-14(13)15)9-12-4-2-1-3-5-12/h1-5,11H,6-10,16H2. The molecule has 0 atom stereocenters. The molecule has 18 heavy (non-hydrogen) atoms. The number of nitrogens with two attached hydrogens (primary N) is 1. The van der Waals surface area contributed by atoms with E-state index in [0.29, 0.717) is 6.54 Å². The molecule has 2 nitrogen and oxygen atoms in total. The number of rotatable bonds is 3. The Balaban J connectivity index is 1.72. The van der Waals surface area contributed by atoms with E-state index in [1.54, 1.807) is 0 Å². The second-order valence-electron chi connectivity index (χ2n) is 4.81. The van der Waals surface area contributed by atoms with Gasteiger partial charge in [0.1, 0.15) is 0 Å². The third-order valence-corrected chi connectivity index (χ3v) is 4.64. The van der Waals surface area contributed by atoms with E-state index in [-0.39, 0.29) is 0 Å². The minimum absolute atomic E-state index is 0.685. The minimum Gasteiger partial charge on any atom is -0.326 e. The fourth-order valence-corrected chi connectivity index (χ4v) is 3.75.